The van der Waals surface area contributed by atoms with Crippen molar-refractivity contribution in [2.75, 3.05) is 18.6 Å². The molecule has 0 heterocycles. The molecule has 0 atom stereocenters. The summed E-state index contributed by atoms with van der Waals surface area (Å²) in [6.45, 7) is 0. The van der Waals surface area contributed by atoms with Crippen molar-refractivity contribution in [3.05, 3.63) is 48.5 Å². The van der Waals surface area contributed by atoms with Crippen LogP contribution in [0.3, 0.4) is 0 Å². The molecule has 108 valence electrons. The van der Waals surface area contributed by atoms with Crippen molar-refractivity contribution in [1.82, 2.24) is 0 Å². The Morgan fingerprint density at radius 2 is 1.30 bits per heavy atom. The Hall–Kier alpha value is -2.25. The normalized spacial score (nSPS) is 10.3. The van der Waals surface area contributed by atoms with Crippen molar-refractivity contribution in [2.45, 2.75) is 4.90 Å². The summed E-state index contributed by atoms with van der Waals surface area (Å²) in [4.78, 5) is -0.147. The van der Waals surface area contributed by atoms with E-state index in [0.29, 0.717) is 5.69 Å². The average Bonchev–Trinajstić information content (AvgIpc) is 2.40. The topological polar surface area (TPSA) is 116 Å². The number of nitrogens with two attached hydrogens (primary N) is 2. The number of nitrogen functional groups attached to an aromatic ring is 2. The van der Waals surface area contributed by atoms with Crippen LogP contribution in [0.2, 0.25) is 0 Å². The Balaban J connectivity index is 0.000000204. The summed E-state index contributed by atoms with van der Waals surface area (Å²) in [5, 5.41) is 0. The number of anilines is 2. The molecule has 0 aliphatic carbocycles. The smallest absolute Gasteiger partial charge is 0.294 e. The molecular formula is C13H16N2O4S. The van der Waals surface area contributed by atoms with Crippen molar-refractivity contribution in [1.29, 1.82) is 0 Å². The summed E-state index contributed by atoms with van der Waals surface area (Å²) < 4.78 is 34.3. The van der Waals surface area contributed by atoms with Crippen LogP contribution >= 0.6 is 0 Å². The number of rotatable bonds is 2. The minimum absolute atomic E-state index is 0.147. The van der Waals surface area contributed by atoms with Gasteiger partial charge in [-0.25, -0.2) is 0 Å². The molecule has 7 heteroatoms. The fourth-order valence-electron chi connectivity index (χ4n) is 1.24. The Labute approximate surface area is 117 Å². The van der Waals surface area contributed by atoms with E-state index in [2.05, 4.69) is 0 Å². The molecule has 20 heavy (non-hydrogen) atoms. The SMILES string of the molecule is COc1ccc(N)cc1.Nc1ccc(S(=O)(=O)O)cc1. The van der Waals surface area contributed by atoms with Crippen LogP contribution < -0.4 is 16.2 Å². The van der Waals surface area contributed by atoms with Gasteiger partial charge in [0, 0.05) is 11.4 Å². The molecule has 6 nitrogen and oxygen atoms in total. The molecule has 5 N–H and O–H groups in total. The molecule has 0 saturated heterocycles. The summed E-state index contributed by atoms with van der Waals surface area (Å²) in [7, 11) is -2.44. The van der Waals surface area contributed by atoms with Gasteiger partial charge in [-0.2, -0.15) is 8.42 Å². The van der Waals surface area contributed by atoms with Gasteiger partial charge in [0.05, 0.1) is 12.0 Å². The molecule has 0 aliphatic heterocycles. The molecule has 2 aromatic carbocycles. The minimum atomic E-state index is -4.08. The first-order chi connectivity index (χ1) is 9.32. The first kappa shape index (κ1) is 15.8. The molecule has 2 aromatic rings. The second kappa shape index (κ2) is 6.78. The van der Waals surface area contributed by atoms with Crippen LogP contribution in [0.25, 0.3) is 0 Å². The van der Waals surface area contributed by atoms with E-state index in [4.69, 9.17) is 20.8 Å². The third-order valence-corrected chi connectivity index (χ3v) is 3.16. The van der Waals surface area contributed by atoms with Gasteiger partial charge in [-0.1, -0.05) is 0 Å². The zero-order valence-corrected chi connectivity index (χ0v) is 11.7. The van der Waals surface area contributed by atoms with Crippen LogP contribution in [0.5, 0.6) is 5.75 Å². The third kappa shape index (κ3) is 5.17. The average molecular weight is 296 g/mol. The van der Waals surface area contributed by atoms with E-state index in [-0.39, 0.29) is 4.90 Å². The molecule has 0 saturated carbocycles. The van der Waals surface area contributed by atoms with E-state index in [1.54, 1.807) is 19.2 Å². The Bertz CT molecular complexity index is 637. The zero-order chi connectivity index (χ0) is 15.2. The fraction of sp³-hybridized carbons (Fsp3) is 0.0769. The standard InChI is InChI=1S/C7H9NO.C6H7NO3S/c1-9-7-4-2-6(8)3-5-7;7-5-1-3-6(4-2-5)11(8,9)10/h2-5H,8H2,1H3;1-4H,7H2,(H,8,9,10). The highest BCUT2D eigenvalue weighted by Gasteiger charge is 2.06. The maximum absolute atomic E-state index is 10.5. The molecule has 0 aliphatic rings. The predicted molar refractivity (Wildman–Crippen MR) is 78.1 cm³/mol. The lowest BCUT2D eigenvalue weighted by Gasteiger charge is -1.97. The van der Waals surface area contributed by atoms with E-state index in [1.807, 2.05) is 12.1 Å². The molecule has 0 spiro atoms. The van der Waals surface area contributed by atoms with E-state index in [9.17, 15) is 8.42 Å². The van der Waals surface area contributed by atoms with Crippen LogP contribution in [-0.2, 0) is 10.1 Å². The maximum Gasteiger partial charge on any atom is 0.294 e. The van der Waals surface area contributed by atoms with Crippen molar-refractivity contribution in [3.8, 4) is 5.75 Å². The summed E-state index contributed by atoms with van der Waals surface area (Å²) in [6, 6.07) is 12.6. The molecule has 0 radical (unpaired) electrons. The highest BCUT2D eigenvalue weighted by atomic mass is 32.2. The maximum atomic E-state index is 10.5. The zero-order valence-electron chi connectivity index (χ0n) is 10.9. The van der Waals surface area contributed by atoms with Gasteiger partial charge in [-0.15, -0.1) is 0 Å². The van der Waals surface area contributed by atoms with E-state index in [1.165, 1.54) is 24.3 Å². The lowest BCUT2D eigenvalue weighted by Crippen LogP contribution is -1.97. The Morgan fingerprint density at radius 3 is 1.65 bits per heavy atom. The van der Waals surface area contributed by atoms with E-state index < -0.39 is 10.1 Å². The molecule has 0 unspecified atom stereocenters. The first-order valence-electron chi connectivity index (χ1n) is 5.55. The van der Waals surface area contributed by atoms with E-state index >= 15 is 0 Å². The highest BCUT2D eigenvalue weighted by molar-refractivity contribution is 7.85. The van der Waals surface area contributed by atoms with Crippen molar-refractivity contribution in [3.63, 3.8) is 0 Å². The van der Waals surface area contributed by atoms with Gasteiger partial charge in [-0.3, -0.25) is 4.55 Å². The van der Waals surface area contributed by atoms with Crippen LogP contribution in [0.1, 0.15) is 0 Å². The molecule has 2 rings (SSSR count). The van der Waals surface area contributed by atoms with Crippen LogP contribution in [0, 0.1) is 0 Å². The van der Waals surface area contributed by atoms with Gasteiger partial charge >= 0.3 is 0 Å². The molecular weight excluding hydrogens is 280 g/mol. The van der Waals surface area contributed by atoms with E-state index in [0.717, 1.165) is 11.4 Å². The second-order valence-corrected chi connectivity index (χ2v) is 5.24. The molecule has 0 fully saturated rings. The number of benzene rings is 2. The van der Waals surface area contributed by atoms with Gasteiger partial charge in [-0.05, 0) is 48.5 Å². The van der Waals surface area contributed by atoms with Crippen LogP contribution in [-0.4, -0.2) is 20.1 Å². The van der Waals surface area contributed by atoms with Gasteiger partial charge < -0.3 is 16.2 Å². The van der Waals surface area contributed by atoms with Crippen molar-refractivity contribution < 1.29 is 17.7 Å². The van der Waals surface area contributed by atoms with Crippen LogP contribution in [0.4, 0.5) is 11.4 Å². The van der Waals surface area contributed by atoms with Gasteiger partial charge in [0.25, 0.3) is 10.1 Å². The number of hydrogen-bond acceptors (Lipinski definition) is 5. The van der Waals surface area contributed by atoms with Crippen molar-refractivity contribution in [2.24, 2.45) is 0 Å². The lowest BCUT2D eigenvalue weighted by molar-refractivity contribution is 0.415. The quantitative estimate of drug-likeness (QED) is 0.575. The third-order valence-electron chi connectivity index (χ3n) is 2.29. The summed E-state index contributed by atoms with van der Waals surface area (Å²) in [5.74, 6) is 0.837. The fourth-order valence-corrected chi connectivity index (χ4v) is 1.72. The largest absolute Gasteiger partial charge is 0.497 e. The molecule has 0 amide bonds. The first-order valence-corrected chi connectivity index (χ1v) is 6.99. The number of hydrogen-bond donors (Lipinski definition) is 3. The summed E-state index contributed by atoms with van der Waals surface area (Å²) >= 11 is 0. The van der Waals surface area contributed by atoms with Gasteiger partial charge in [0.1, 0.15) is 5.75 Å². The number of ether oxygens (including phenoxy) is 1. The van der Waals surface area contributed by atoms with Crippen molar-refractivity contribution >= 4 is 21.5 Å². The Morgan fingerprint density at radius 1 is 0.900 bits per heavy atom. The second-order valence-electron chi connectivity index (χ2n) is 3.82. The number of methoxy groups -OCH3 is 1. The van der Waals surface area contributed by atoms with Crippen LogP contribution in [0.15, 0.2) is 53.4 Å². The lowest BCUT2D eigenvalue weighted by atomic mass is 10.3. The minimum Gasteiger partial charge on any atom is -0.497 e. The highest BCUT2D eigenvalue weighted by Crippen LogP contribution is 2.11. The summed E-state index contributed by atoms with van der Waals surface area (Å²) in [6.07, 6.45) is 0. The summed E-state index contributed by atoms with van der Waals surface area (Å²) in [5.41, 5.74) is 11.9. The molecule has 0 aromatic heterocycles. The van der Waals surface area contributed by atoms with Gasteiger partial charge in [0.15, 0.2) is 0 Å². The predicted octanol–water partition coefficient (Wildman–Crippen LogP) is 1.79. The van der Waals surface area contributed by atoms with Gasteiger partial charge in [0.2, 0.25) is 0 Å². The molecule has 0 bridgehead atoms. The Kier molecular flexibility index (Phi) is 5.36. The monoisotopic (exact) mass is 296 g/mol.